The van der Waals surface area contributed by atoms with Gasteiger partial charge in [0.25, 0.3) is 0 Å². The van der Waals surface area contributed by atoms with E-state index in [9.17, 15) is 0 Å². The van der Waals surface area contributed by atoms with E-state index in [2.05, 4.69) is 24.4 Å². The molecule has 1 saturated carbocycles. The normalized spacial score (nSPS) is 20.2. The molecule has 1 aliphatic carbocycles. The summed E-state index contributed by atoms with van der Waals surface area (Å²) < 4.78 is 8.11. The van der Waals surface area contributed by atoms with Crippen molar-refractivity contribution in [2.75, 3.05) is 45.0 Å². The molecule has 0 spiro atoms. The van der Waals surface area contributed by atoms with E-state index in [4.69, 9.17) is 21.3 Å². The van der Waals surface area contributed by atoms with Crippen LogP contribution >= 0.6 is 0 Å². The summed E-state index contributed by atoms with van der Waals surface area (Å²) in [6.07, 6.45) is 11.1. The molecule has 9 nitrogen and oxygen atoms in total. The fraction of sp³-hybridized carbons (Fsp3) is 0.485. The van der Waals surface area contributed by atoms with Crippen molar-refractivity contribution in [2.24, 2.45) is 5.73 Å². The Morgan fingerprint density at radius 3 is 2.19 bits per heavy atom. The number of nitrogens with zero attached hydrogens (tertiary/aromatic N) is 6. The lowest BCUT2D eigenvalue weighted by Gasteiger charge is -2.42. The first kappa shape index (κ1) is 28.6. The highest BCUT2D eigenvalue weighted by Crippen LogP contribution is 2.37. The fourth-order valence-electron chi connectivity index (χ4n) is 6.61. The van der Waals surface area contributed by atoms with Crippen LogP contribution < -0.4 is 16.2 Å². The molecule has 0 unspecified atom stereocenters. The molecule has 42 heavy (non-hydrogen) atoms. The minimum Gasteiger partial charge on any atom is -0.457 e. The average Bonchev–Trinajstić information content (AvgIpc) is 3.43. The Morgan fingerprint density at radius 1 is 0.762 bits per heavy atom. The Balaban J connectivity index is 1.09. The topological polar surface area (TPSA) is 111 Å². The smallest absolute Gasteiger partial charge is 0.164 e. The van der Waals surface area contributed by atoms with Crippen molar-refractivity contribution in [2.45, 2.75) is 63.5 Å². The van der Waals surface area contributed by atoms with Crippen molar-refractivity contribution in [3.05, 3.63) is 60.9 Å². The third-order valence-corrected chi connectivity index (χ3v) is 8.99. The van der Waals surface area contributed by atoms with E-state index in [1.165, 1.54) is 64.8 Å². The highest BCUT2D eigenvalue weighted by Gasteiger charge is 2.31. The number of aromatic nitrogens is 4. The molecule has 0 bridgehead atoms. The number of benzene rings is 2. The number of hydrogen-bond acceptors (Lipinski definition) is 8. The number of anilines is 1. The van der Waals surface area contributed by atoms with Gasteiger partial charge in [0.15, 0.2) is 5.65 Å². The van der Waals surface area contributed by atoms with Crippen LogP contribution in [0.5, 0.6) is 11.5 Å². The lowest BCUT2D eigenvalue weighted by molar-refractivity contribution is 0.0700. The summed E-state index contributed by atoms with van der Waals surface area (Å²) >= 11 is 0. The number of unbranched alkanes of at least 4 members (excludes halogenated alkanes) is 3. The van der Waals surface area contributed by atoms with E-state index in [-0.39, 0.29) is 0 Å². The van der Waals surface area contributed by atoms with Crippen LogP contribution in [-0.4, -0.2) is 74.9 Å². The van der Waals surface area contributed by atoms with Gasteiger partial charge in [-0.1, -0.05) is 31.0 Å². The van der Waals surface area contributed by atoms with Crippen LogP contribution in [0.3, 0.4) is 0 Å². The number of ether oxygens (including phenoxy) is 1. The summed E-state index contributed by atoms with van der Waals surface area (Å²) in [6.45, 7) is 6.79. The Hall–Kier alpha value is -3.53. The van der Waals surface area contributed by atoms with E-state index >= 15 is 0 Å². The highest BCUT2D eigenvalue weighted by atomic mass is 16.5. The number of nitrogen functional groups attached to an aromatic ring is 1. The maximum atomic E-state index is 6.41. The molecule has 2 aromatic heterocycles. The second-order valence-corrected chi connectivity index (χ2v) is 11.7. The van der Waals surface area contributed by atoms with Crippen LogP contribution in [0.4, 0.5) is 5.82 Å². The highest BCUT2D eigenvalue weighted by molar-refractivity contribution is 5.98. The van der Waals surface area contributed by atoms with Crippen LogP contribution in [-0.2, 0) is 0 Å². The number of fused-ring (bicyclic) bond motifs is 1. The number of para-hydroxylation sites is 1. The summed E-state index contributed by atoms with van der Waals surface area (Å²) in [5.41, 5.74) is 14.7. The van der Waals surface area contributed by atoms with Crippen LogP contribution in [0.25, 0.3) is 22.3 Å². The standard InChI is InChI=1S/C33H44N8O/c34-18-6-1-2-7-19-39-20-22-40(23-21-39)26-12-14-27(15-13-26)41-33-30(32(35)36-24-37-33)31(38-41)25-10-16-29(17-11-25)42-28-8-4-3-5-9-28/h3-5,8-11,16-17,24,26-27H,1-2,6-7,12-15,18-23,34H2,(H2,35,36,37). The van der Waals surface area contributed by atoms with Gasteiger partial charge in [-0.3, -0.25) is 4.90 Å². The molecule has 3 heterocycles. The zero-order chi connectivity index (χ0) is 28.7. The van der Waals surface area contributed by atoms with Gasteiger partial charge in [0.2, 0.25) is 0 Å². The lowest BCUT2D eigenvalue weighted by Crippen LogP contribution is -2.51. The number of rotatable bonds is 11. The minimum atomic E-state index is 0.308. The van der Waals surface area contributed by atoms with Crippen molar-refractivity contribution < 1.29 is 4.74 Å². The third-order valence-electron chi connectivity index (χ3n) is 8.99. The number of piperazine rings is 1. The first-order chi connectivity index (χ1) is 20.7. The summed E-state index contributed by atoms with van der Waals surface area (Å²) in [6, 6.07) is 18.8. The van der Waals surface area contributed by atoms with Crippen LogP contribution in [0, 0.1) is 0 Å². The predicted molar refractivity (Wildman–Crippen MR) is 169 cm³/mol. The van der Waals surface area contributed by atoms with Crippen LogP contribution in [0.2, 0.25) is 0 Å². The first-order valence-corrected chi connectivity index (χ1v) is 15.7. The Morgan fingerprint density at radius 2 is 1.45 bits per heavy atom. The van der Waals surface area contributed by atoms with E-state index in [1.807, 2.05) is 54.6 Å². The first-order valence-electron chi connectivity index (χ1n) is 15.7. The van der Waals surface area contributed by atoms with Crippen molar-refractivity contribution in [3.8, 4) is 22.8 Å². The lowest BCUT2D eigenvalue weighted by atomic mass is 9.90. The predicted octanol–water partition coefficient (Wildman–Crippen LogP) is 5.49. The van der Waals surface area contributed by atoms with Gasteiger partial charge in [-0.25, -0.2) is 14.6 Å². The maximum absolute atomic E-state index is 6.41. The van der Waals surface area contributed by atoms with Crippen molar-refractivity contribution in [1.29, 1.82) is 0 Å². The van der Waals surface area contributed by atoms with Gasteiger partial charge < -0.3 is 21.1 Å². The Labute approximate surface area is 248 Å². The molecule has 4 N–H and O–H groups in total. The van der Waals surface area contributed by atoms with E-state index in [0.717, 1.165) is 59.6 Å². The van der Waals surface area contributed by atoms with Gasteiger partial charge in [0.1, 0.15) is 29.3 Å². The van der Waals surface area contributed by atoms with E-state index < -0.39 is 0 Å². The second kappa shape index (κ2) is 13.6. The van der Waals surface area contributed by atoms with Crippen molar-refractivity contribution in [1.82, 2.24) is 29.5 Å². The Kier molecular flexibility index (Phi) is 9.28. The van der Waals surface area contributed by atoms with Gasteiger partial charge in [-0.05, 0) is 88.0 Å². The number of hydrogen-bond donors (Lipinski definition) is 2. The molecule has 9 heteroatoms. The molecule has 6 rings (SSSR count). The minimum absolute atomic E-state index is 0.308. The van der Waals surface area contributed by atoms with E-state index in [0.29, 0.717) is 17.9 Å². The summed E-state index contributed by atoms with van der Waals surface area (Å²) in [5.74, 6) is 2.06. The van der Waals surface area contributed by atoms with E-state index in [1.54, 1.807) is 6.33 Å². The average molecular weight is 569 g/mol. The molecule has 2 aromatic carbocycles. The van der Waals surface area contributed by atoms with Gasteiger partial charge in [0, 0.05) is 37.8 Å². The van der Waals surface area contributed by atoms with Crippen molar-refractivity contribution in [3.63, 3.8) is 0 Å². The molecular weight excluding hydrogens is 524 g/mol. The molecule has 0 radical (unpaired) electrons. The molecule has 2 fully saturated rings. The van der Waals surface area contributed by atoms with Crippen molar-refractivity contribution >= 4 is 16.9 Å². The maximum Gasteiger partial charge on any atom is 0.164 e. The molecule has 0 atom stereocenters. The van der Waals surface area contributed by atoms with Gasteiger partial charge >= 0.3 is 0 Å². The molecule has 222 valence electrons. The van der Waals surface area contributed by atoms with Crippen LogP contribution in [0.15, 0.2) is 60.9 Å². The quantitative estimate of drug-likeness (QED) is 0.229. The summed E-state index contributed by atoms with van der Waals surface area (Å²) in [4.78, 5) is 14.3. The second-order valence-electron chi connectivity index (χ2n) is 11.7. The molecule has 0 amide bonds. The van der Waals surface area contributed by atoms with Gasteiger partial charge in [-0.2, -0.15) is 5.10 Å². The van der Waals surface area contributed by atoms with Gasteiger partial charge in [-0.15, -0.1) is 0 Å². The monoisotopic (exact) mass is 568 g/mol. The molecule has 1 saturated heterocycles. The molecular formula is C33H44N8O. The van der Waals surface area contributed by atoms with Crippen LogP contribution in [0.1, 0.15) is 57.4 Å². The molecule has 4 aromatic rings. The summed E-state index contributed by atoms with van der Waals surface area (Å²) in [5, 5.41) is 5.95. The zero-order valence-electron chi connectivity index (χ0n) is 24.6. The molecule has 2 aliphatic rings. The SMILES string of the molecule is NCCCCCCN1CCN(C2CCC(n3nc(-c4ccc(Oc5ccccc5)cc4)c4c(N)ncnc43)CC2)CC1. The third kappa shape index (κ3) is 6.59. The Bertz CT molecular complexity index is 1410. The number of nitrogens with two attached hydrogens (primary N) is 2. The zero-order valence-corrected chi connectivity index (χ0v) is 24.6. The molecule has 1 aliphatic heterocycles. The van der Waals surface area contributed by atoms with Gasteiger partial charge in [0.05, 0.1) is 11.4 Å². The largest absolute Gasteiger partial charge is 0.457 e. The fourth-order valence-corrected chi connectivity index (χ4v) is 6.61. The summed E-state index contributed by atoms with van der Waals surface area (Å²) in [7, 11) is 0.